The molecule has 5 nitrogen and oxygen atoms in total. The average molecular weight is 376 g/mol. The minimum absolute atomic E-state index is 0.224. The molecule has 0 atom stereocenters. The Balaban J connectivity index is 1.82. The molecule has 1 aromatic carbocycles. The first-order chi connectivity index (χ1) is 11.8. The first-order valence-corrected chi connectivity index (χ1v) is 9.04. The van der Waals surface area contributed by atoms with Crippen LogP contribution in [0, 0.1) is 0 Å². The van der Waals surface area contributed by atoms with E-state index < -0.39 is 11.7 Å². The molecule has 130 valence electrons. The smallest absolute Gasteiger partial charge is 0.407 e. The number of ether oxygens (including phenoxy) is 1. The number of fused-ring (bicyclic) bond motifs is 1. The number of thiophene rings is 1. The third-order valence-corrected chi connectivity index (χ3v) is 4.31. The lowest BCUT2D eigenvalue weighted by Gasteiger charge is -2.19. The molecule has 25 heavy (non-hydrogen) atoms. The van der Waals surface area contributed by atoms with Crippen LogP contribution in [-0.4, -0.2) is 21.7 Å². The van der Waals surface area contributed by atoms with Gasteiger partial charge in [-0.25, -0.2) is 14.8 Å². The second-order valence-electron chi connectivity index (χ2n) is 6.54. The topological polar surface area (TPSA) is 64.1 Å². The van der Waals surface area contributed by atoms with Crippen LogP contribution in [0.3, 0.4) is 0 Å². The number of carbonyl (C=O) groups is 1. The van der Waals surface area contributed by atoms with E-state index in [1.807, 2.05) is 56.5 Å². The van der Waals surface area contributed by atoms with E-state index in [1.54, 1.807) is 0 Å². The van der Waals surface area contributed by atoms with Gasteiger partial charge in [-0.1, -0.05) is 18.2 Å². The Labute approximate surface area is 155 Å². The van der Waals surface area contributed by atoms with Crippen molar-refractivity contribution in [2.24, 2.45) is 0 Å². The molecule has 2 aromatic heterocycles. The molecule has 0 bridgehead atoms. The number of hydrogen-bond acceptors (Lipinski definition) is 5. The number of nitrogens with one attached hydrogen (secondary N) is 1. The van der Waals surface area contributed by atoms with Gasteiger partial charge in [-0.3, -0.25) is 0 Å². The van der Waals surface area contributed by atoms with E-state index in [0.717, 1.165) is 27.0 Å². The molecule has 0 radical (unpaired) electrons. The lowest BCUT2D eigenvalue weighted by atomic mass is 10.1. The number of hydrogen-bond donors (Lipinski definition) is 1. The van der Waals surface area contributed by atoms with E-state index in [4.69, 9.17) is 16.3 Å². The van der Waals surface area contributed by atoms with Gasteiger partial charge in [0.1, 0.15) is 10.4 Å². The monoisotopic (exact) mass is 375 g/mol. The number of carbonyl (C=O) groups excluding carboxylic acids is 1. The molecule has 1 amide bonds. The lowest BCUT2D eigenvalue weighted by molar-refractivity contribution is 0.0523. The molecule has 3 aromatic rings. The summed E-state index contributed by atoms with van der Waals surface area (Å²) in [6.07, 6.45) is -0.441. The van der Waals surface area contributed by atoms with Crippen molar-refractivity contribution in [3.05, 3.63) is 46.6 Å². The molecule has 7 heteroatoms. The van der Waals surface area contributed by atoms with Crippen molar-refractivity contribution >= 4 is 39.2 Å². The van der Waals surface area contributed by atoms with Gasteiger partial charge < -0.3 is 10.1 Å². The van der Waals surface area contributed by atoms with Crippen LogP contribution in [0.15, 0.2) is 35.7 Å². The molecule has 0 fully saturated rings. The Morgan fingerprint density at radius 3 is 2.84 bits per heavy atom. The summed E-state index contributed by atoms with van der Waals surface area (Å²) in [6.45, 7) is 5.86. The highest BCUT2D eigenvalue weighted by molar-refractivity contribution is 7.16. The Bertz CT molecular complexity index is 918. The molecule has 0 saturated carbocycles. The second kappa shape index (κ2) is 6.98. The minimum Gasteiger partial charge on any atom is -0.444 e. The van der Waals surface area contributed by atoms with Crippen LogP contribution >= 0.6 is 22.9 Å². The summed E-state index contributed by atoms with van der Waals surface area (Å²) in [4.78, 5) is 21.3. The summed E-state index contributed by atoms with van der Waals surface area (Å²) < 4.78 is 5.25. The van der Waals surface area contributed by atoms with Crippen LogP contribution in [0.25, 0.3) is 21.5 Å². The zero-order valence-corrected chi connectivity index (χ0v) is 15.7. The number of amides is 1. The maximum absolute atomic E-state index is 11.8. The van der Waals surface area contributed by atoms with E-state index in [1.165, 1.54) is 11.3 Å². The largest absolute Gasteiger partial charge is 0.444 e. The predicted molar refractivity (Wildman–Crippen MR) is 101 cm³/mol. The van der Waals surface area contributed by atoms with Gasteiger partial charge in [0.15, 0.2) is 0 Å². The van der Waals surface area contributed by atoms with Gasteiger partial charge in [0.2, 0.25) is 5.28 Å². The molecule has 0 saturated heterocycles. The molecule has 0 aliphatic heterocycles. The molecule has 0 spiro atoms. The number of rotatable bonds is 3. The Morgan fingerprint density at radius 1 is 1.28 bits per heavy atom. The van der Waals surface area contributed by atoms with Crippen molar-refractivity contribution in [1.29, 1.82) is 0 Å². The average Bonchev–Trinajstić information content (AvgIpc) is 2.99. The fourth-order valence-electron chi connectivity index (χ4n) is 2.37. The van der Waals surface area contributed by atoms with Crippen molar-refractivity contribution in [3.63, 3.8) is 0 Å². The summed E-state index contributed by atoms with van der Waals surface area (Å²) in [6, 6.07) is 9.79. The van der Waals surface area contributed by atoms with Crippen molar-refractivity contribution < 1.29 is 9.53 Å². The van der Waals surface area contributed by atoms with E-state index in [9.17, 15) is 4.79 Å². The van der Waals surface area contributed by atoms with Gasteiger partial charge in [-0.15, -0.1) is 11.3 Å². The van der Waals surface area contributed by atoms with Crippen LogP contribution < -0.4 is 5.32 Å². The highest BCUT2D eigenvalue weighted by Gasteiger charge is 2.16. The number of benzene rings is 1. The van der Waals surface area contributed by atoms with Crippen molar-refractivity contribution in [2.45, 2.75) is 32.9 Å². The highest BCUT2D eigenvalue weighted by Crippen LogP contribution is 2.30. The number of halogens is 1. The number of aromatic nitrogens is 2. The maximum Gasteiger partial charge on any atom is 0.407 e. The zero-order chi connectivity index (χ0) is 18.0. The fourth-order valence-corrected chi connectivity index (χ4v) is 3.35. The van der Waals surface area contributed by atoms with Crippen LogP contribution in [0.5, 0.6) is 0 Å². The molecule has 0 unspecified atom stereocenters. The third kappa shape index (κ3) is 4.46. The van der Waals surface area contributed by atoms with Crippen LogP contribution in [-0.2, 0) is 11.3 Å². The molecular weight excluding hydrogens is 358 g/mol. The Morgan fingerprint density at radius 2 is 2.08 bits per heavy atom. The normalized spacial score (nSPS) is 11.5. The fraction of sp³-hybridized carbons (Fsp3) is 0.278. The van der Waals surface area contributed by atoms with Gasteiger partial charge >= 0.3 is 6.09 Å². The van der Waals surface area contributed by atoms with E-state index in [-0.39, 0.29) is 5.28 Å². The standard InChI is InChI=1S/C18H18ClN3O2S/c1-18(2,3)24-17(23)20-10-11-5-4-6-12(9-11)14-13-7-8-25-15(13)22-16(19)21-14/h4-9H,10H2,1-3H3,(H,20,23). The highest BCUT2D eigenvalue weighted by atomic mass is 35.5. The second-order valence-corrected chi connectivity index (χ2v) is 7.77. The van der Waals surface area contributed by atoms with Gasteiger partial charge in [0, 0.05) is 17.5 Å². The summed E-state index contributed by atoms with van der Waals surface area (Å²) in [7, 11) is 0. The van der Waals surface area contributed by atoms with E-state index in [0.29, 0.717) is 6.54 Å². The Kier molecular flexibility index (Phi) is 4.92. The van der Waals surface area contributed by atoms with Crippen molar-refractivity contribution in [2.75, 3.05) is 0 Å². The molecular formula is C18H18ClN3O2S. The zero-order valence-electron chi connectivity index (χ0n) is 14.2. The van der Waals surface area contributed by atoms with Crippen LogP contribution in [0.1, 0.15) is 26.3 Å². The summed E-state index contributed by atoms with van der Waals surface area (Å²) >= 11 is 7.57. The van der Waals surface area contributed by atoms with E-state index in [2.05, 4.69) is 15.3 Å². The molecule has 3 rings (SSSR count). The first kappa shape index (κ1) is 17.6. The maximum atomic E-state index is 11.8. The minimum atomic E-state index is -0.520. The summed E-state index contributed by atoms with van der Waals surface area (Å²) in [5, 5.41) is 5.91. The molecule has 1 N–H and O–H groups in total. The van der Waals surface area contributed by atoms with Gasteiger partial charge in [0.25, 0.3) is 0 Å². The Hall–Kier alpha value is -2.18. The quantitative estimate of drug-likeness (QED) is 0.651. The van der Waals surface area contributed by atoms with Gasteiger partial charge in [-0.2, -0.15) is 0 Å². The number of alkyl carbamates (subject to hydrolysis) is 1. The van der Waals surface area contributed by atoms with Crippen LogP contribution in [0.2, 0.25) is 5.28 Å². The molecule has 2 heterocycles. The van der Waals surface area contributed by atoms with Gasteiger partial charge in [0.05, 0.1) is 5.69 Å². The van der Waals surface area contributed by atoms with Crippen LogP contribution in [0.4, 0.5) is 4.79 Å². The lowest BCUT2D eigenvalue weighted by Crippen LogP contribution is -2.32. The molecule has 0 aliphatic carbocycles. The molecule has 0 aliphatic rings. The van der Waals surface area contributed by atoms with Crippen molar-refractivity contribution in [3.8, 4) is 11.3 Å². The summed E-state index contributed by atoms with van der Waals surface area (Å²) in [5.41, 5.74) is 2.14. The number of nitrogens with zero attached hydrogens (tertiary/aromatic N) is 2. The third-order valence-electron chi connectivity index (χ3n) is 3.33. The SMILES string of the molecule is CC(C)(C)OC(=O)NCc1cccc(-c2nc(Cl)nc3sccc23)c1. The van der Waals surface area contributed by atoms with Gasteiger partial charge in [-0.05, 0) is 55.4 Å². The predicted octanol–water partition coefficient (Wildman–Crippen LogP) is 5.04. The summed E-state index contributed by atoms with van der Waals surface area (Å²) in [5.74, 6) is 0. The van der Waals surface area contributed by atoms with Crippen molar-refractivity contribution in [1.82, 2.24) is 15.3 Å². The first-order valence-electron chi connectivity index (χ1n) is 7.79. The van der Waals surface area contributed by atoms with E-state index >= 15 is 0 Å².